The molecule has 0 aliphatic heterocycles. The second kappa shape index (κ2) is 44.0. The standard InChI is InChI=1S/C32H30NS.C30H34NS.C28H30NS.3C5H8O2.3Ir/c1-20-16-25(18-26(17-20)32(4,5)6)27-14-15-29-28(33-27)19-30(34-29)23-10-12-24(13-11-23)31-21(2)8-7-9-22(31)3;1-18(2)21-13-22(19(3)4)15-24(14-21)29-17-27-28(32-29)10-9-26(31-27)23-11-20(5)12-25(16-23)30(6,7)8;1-18-14-20(16-22(15-18)28(5,6)7)23-12-13-25-24(29-23)17-26(30-25)19-8-10-21(11-9-19)27(2,3)4;3*1-4(6)3-5(2)7;;;/h7-15,17-19H,1-6H3;9-10,12-19H,1-8H3;8-13,15-17H,1-7H3;3*3,6H,1-2H3;;;/q3*-1;;;;;;. The third-order valence-corrected chi connectivity index (χ3v) is 22.8. The van der Waals surface area contributed by atoms with Crippen LogP contribution in [0.4, 0.5) is 0 Å². The van der Waals surface area contributed by atoms with E-state index in [1.54, 1.807) is 22.7 Å². The molecular formula is C105H118Ir3N3O6S3-3. The number of allylic oxidation sites excluding steroid dienone is 6. The van der Waals surface area contributed by atoms with Crippen LogP contribution in [0.3, 0.4) is 0 Å². The van der Waals surface area contributed by atoms with Crippen LogP contribution in [0.15, 0.2) is 211 Å². The summed E-state index contributed by atoms with van der Waals surface area (Å²) in [6.45, 7) is 55.3. The van der Waals surface area contributed by atoms with Crippen molar-refractivity contribution >= 4 is 82.0 Å². The van der Waals surface area contributed by atoms with Gasteiger partial charge in [-0.25, -0.2) is 0 Å². The van der Waals surface area contributed by atoms with Crippen molar-refractivity contribution in [2.75, 3.05) is 0 Å². The van der Waals surface area contributed by atoms with Crippen molar-refractivity contribution in [3.63, 3.8) is 0 Å². The molecule has 0 spiro atoms. The van der Waals surface area contributed by atoms with E-state index in [-0.39, 0.29) is 117 Å². The summed E-state index contributed by atoms with van der Waals surface area (Å²) in [6.07, 6.45) is 3.50. The van der Waals surface area contributed by atoms with Crippen LogP contribution >= 0.6 is 34.0 Å². The molecule has 0 atom stereocenters. The molecule has 7 aromatic carbocycles. The molecule has 3 radical (unpaired) electrons. The maximum Gasteiger partial charge on any atom is 0.155 e. The maximum atomic E-state index is 10.0. The number of hydrogen-bond acceptors (Lipinski definition) is 12. The molecule has 0 aliphatic rings. The van der Waals surface area contributed by atoms with Crippen molar-refractivity contribution in [1.29, 1.82) is 0 Å². The Hall–Kier alpha value is -8.55. The molecule has 6 aromatic heterocycles. The Kier molecular flexibility index (Phi) is 37.4. The molecule has 0 saturated carbocycles. The van der Waals surface area contributed by atoms with Crippen molar-refractivity contribution in [3.05, 3.63) is 291 Å². The largest absolute Gasteiger partial charge is 0.512 e. The van der Waals surface area contributed by atoms with E-state index in [4.69, 9.17) is 30.3 Å². The molecule has 15 heteroatoms. The van der Waals surface area contributed by atoms with E-state index in [9.17, 15) is 14.4 Å². The zero-order chi connectivity index (χ0) is 86.5. The fourth-order valence-electron chi connectivity index (χ4n) is 13.1. The van der Waals surface area contributed by atoms with Gasteiger partial charge in [0.1, 0.15) is 0 Å². The first-order valence-electron chi connectivity index (χ1n) is 40.0. The van der Waals surface area contributed by atoms with Crippen LogP contribution in [0.25, 0.3) is 107 Å². The Morgan fingerprint density at radius 3 is 0.875 bits per heavy atom. The van der Waals surface area contributed by atoms with Crippen LogP contribution in [0, 0.1) is 52.8 Å². The average Bonchev–Trinajstić information content (AvgIpc) is 1.65. The Morgan fingerprint density at radius 2 is 0.617 bits per heavy atom. The van der Waals surface area contributed by atoms with Gasteiger partial charge in [-0.05, 0) is 198 Å². The van der Waals surface area contributed by atoms with Crippen LogP contribution in [0.2, 0.25) is 0 Å². The first kappa shape index (κ1) is 102. The SMILES string of the molecule is CC(=O)C=C(C)O.CC(=O)C=C(C)O.CC(=O)C=C(C)O.Cc1[c-]c(-c2ccc3sc(-c4cc(C(C)C)cc(C(C)C)c4)cc3n2)cc(C(C)(C)C)c1.Cc1[c-]c(-c2ccc3sc(-c4ccc(-c5c(C)cccc5C)cc4)cc3n2)cc(C(C)(C)C)c1.Cc1[c-]c(-c2ccc3sc(-c4ccc(C(C)(C)C)cc4)cc3n2)cc(C(C)(C)C)c1.[Ir].[Ir].[Ir]. The molecule has 3 N–H and O–H groups in total. The third kappa shape index (κ3) is 29.6. The van der Waals surface area contributed by atoms with Gasteiger partial charge in [0.15, 0.2) is 17.3 Å². The van der Waals surface area contributed by atoms with Crippen LogP contribution in [-0.2, 0) is 96.4 Å². The van der Waals surface area contributed by atoms with Crippen molar-refractivity contribution in [1.82, 2.24) is 15.0 Å². The van der Waals surface area contributed by atoms with Crippen LogP contribution in [0.1, 0.15) is 225 Å². The summed E-state index contributed by atoms with van der Waals surface area (Å²) < 4.78 is 3.66. The number of fused-ring (bicyclic) bond motifs is 3. The van der Waals surface area contributed by atoms with Crippen molar-refractivity contribution < 1.29 is 90.0 Å². The van der Waals surface area contributed by atoms with Crippen molar-refractivity contribution in [3.8, 4) is 76.2 Å². The zero-order valence-electron chi connectivity index (χ0n) is 74.8. The molecule has 0 fully saturated rings. The fraction of sp³-hybridized carbons (Fsp3) is 0.314. The summed E-state index contributed by atoms with van der Waals surface area (Å²) in [5.74, 6) is 0.841. The van der Waals surface area contributed by atoms with Gasteiger partial charge in [-0.15, -0.1) is 139 Å². The van der Waals surface area contributed by atoms with Gasteiger partial charge in [0.25, 0.3) is 0 Å². The van der Waals surface area contributed by atoms with E-state index in [0.29, 0.717) is 11.8 Å². The average molecular weight is 2190 g/mol. The number of benzene rings is 7. The third-order valence-electron chi connectivity index (χ3n) is 19.4. The predicted octanol–water partition coefficient (Wildman–Crippen LogP) is 30.0. The monoisotopic (exact) mass is 2190 g/mol. The molecule has 0 bridgehead atoms. The number of nitrogens with zero attached hydrogens (tertiary/aromatic N) is 3. The Bertz CT molecular complexity index is 5680. The maximum absolute atomic E-state index is 10.0. The number of hydrogen-bond donors (Lipinski definition) is 3. The summed E-state index contributed by atoms with van der Waals surface area (Å²) in [4.78, 5) is 48.9. The van der Waals surface area contributed by atoms with Gasteiger partial charge in [0.05, 0.1) is 47.9 Å². The van der Waals surface area contributed by atoms with Gasteiger partial charge < -0.3 is 15.3 Å². The van der Waals surface area contributed by atoms with E-state index in [1.807, 2.05) is 11.3 Å². The Labute approximate surface area is 767 Å². The van der Waals surface area contributed by atoms with E-state index in [2.05, 4.69) is 340 Å². The first-order chi connectivity index (χ1) is 54.6. The Balaban J connectivity index is 0.000000282. The number of carbonyl (C=O) groups excluding carboxylic acids is 3. The van der Waals surface area contributed by atoms with E-state index in [0.717, 1.165) is 67.0 Å². The fourth-order valence-corrected chi connectivity index (χ4v) is 16.1. The summed E-state index contributed by atoms with van der Waals surface area (Å²) in [7, 11) is 0. The van der Waals surface area contributed by atoms with Crippen molar-refractivity contribution in [2.45, 2.75) is 220 Å². The van der Waals surface area contributed by atoms with Gasteiger partial charge >= 0.3 is 0 Å². The summed E-state index contributed by atoms with van der Waals surface area (Å²) >= 11 is 5.44. The number of rotatable bonds is 12. The topological polar surface area (TPSA) is 151 Å². The summed E-state index contributed by atoms with van der Waals surface area (Å²) in [5, 5.41) is 25.1. The van der Waals surface area contributed by atoms with Gasteiger partial charge in [-0.1, -0.05) is 235 Å². The Morgan fingerprint density at radius 1 is 0.342 bits per heavy atom. The van der Waals surface area contributed by atoms with Gasteiger partial charge in [0, 0.05) is 93.2 Å². The number of pyridine rings is 3. The van der Waals surface area contributed by atoms with Crippen LogP contribution in [-0.4, -0.2) is 47.6 Å². The van der Waals surface area contributed by atoms with E-state index < -0.39 is 0 Å². The molecule has 13 aromatic rings. The molecule has 0 saturated heterocycles. The number of carbonyl (C=O) groups is 3. The number of ketones is 3. The number of aromatic nitrogens is 3. The molecule has 120 heavy (non-hydrogen) atoms. The summed E-state index contributed by atoms with van der Waals surface area (Å²) in [6, 6.07) is 75.1. The minimum absolute atomic E-state index is 0. The minimum atomic E-state index is -0.125. The number of aliphatic hydroxyl groups excluding tert-OH is 3. The van der Waals surface area contributed by atoms with E-state index >= 15 is 0 Å². The number of aliphatic hydroxyl groups is 3. The van der Waals surface area contributed by atoms with Crippen LogP contribution in [0.5, 0.6) is 0 Å². The number of aryl methyl sites for hydroxylation is 5. The molecule has 6 heterocycles. The predicted molar refractivity (Wildman–Crippen MR) is 501 cm³/mol. The van der Waals surface area contributed by atoms with Gasteiger partial charge in [0.2, 0.25) is 0 Å². The van der Waals surface area contributed by atoms with Gasteiger partial charge in [-0.3, -0.25) is 29.3 Å². The molecule has 9 nitrogen and oxygen atoms in total. The molecule has 13 rings (SSSR count). The minimum Gasteiger partial charge on any atom is -0.512 e. The number of thiophene rings is 3. The smallest absolute Gasteiger partial charge is 0.155 e. The van der Waals surface area contributed by atoms with Crippen LogP contribution < -0.4 is 0 Å². The van der Waals surface area contributed by atoms with E-state index in [1.165, 1.54) is 161 Å². The summed E-state index contributed by atoms with van der Waals surface area (Å²) in [5.41, 5.74) is 30.4. The molecule has 0 amide bonds. The quantitative estimate of drug-likeness (QED) is 0.0617. The normalized spacial score (nSPS) is 11.8. The second-order valence-electron chi connectivity index (χ2n) is 35.3. The zero-order valence-corrected chi connectivity index (χ0v) is 84.4. The second-order valence-corrected chi connectivity index (χ2v) is 38.5. The molecule has 637 valence electrons. The van der Waals surface area contributed by atoms with Crippen molar-refractivity contribution in [2.24, 2.45) is 0 Å². The molecule has 0 aliphatic carbocycles. The molecule has 0 unspecified atom stereocenters. The molecular weight excluding hydrogens is 2070 g/mol. The van der Waals surface area contributed by atoms with Gasteiger partial charge in [-0.2, -0.15) is 0 Å². The first-order valence-corrected chi connectivity index (χ1v) is 42.5.